The van der Waals surface area contributed by atoms with Crippen LogP contribution < -0.4 is 0 Å². The SMILES string of the molecule is COC(=O)[C@@H]1[C@H]2C[C@H]3c4[nH]c5ccccc5c4CCN3C[C@@H]2CC[C@@H]1OC(C)=O.Cl. The van der Waals surface area contributed by atoms with E-state index in [0.717, 1.165) is 38.8 Å². The quantitative estimate of drug-likeness (QED) is 0.733. The zero-order valence-electron chi connectivity index (χ0n) is 17.4. The molecule has 3 aliphatic rings. The van der Waals surface area contributed by atoms with Crippen LogP contribution in [0.1, 0.15) is 43.5 Å². The number of H-pyrrole nitrogens is 1. The number of nitrogens with zero attached hydrogens (tertiary/aromatic N) is 1. The van der Waals surface area contributed by atoms with Gasteiger partial charge in [-0.1, -0.05) is 18.2 Å². The maximum absolute atomic E-state index is 12.7. The van der Waals surface area contributed by atoms with Crippen molar-refractivity contribution >= 4 is 35.2 Å². The van der Waals surface area contributed by atoms with E-state index in [1.807, 2.05) is 0 Å². The van der Waals surface area contributed by atoms with E-state index in [0.29, 0.717) is 5.92 Å². The summed E-state index contributed by atoms with van der Waals surface area (Å²) in [6.07, 6.45) is 3.29. The highest BCUT2D eigenvalue weighted by atomic mass is 35.5. The predicted octanol–water partition coefficient (Wildman–Crippen LogP) is 3.64. The van der Waals surface area contributed by atoms with Crippen molar-refractivity contribution < 1.29 is 19.1 Å². The van der Waals surface area contributed by atoms with Gasteiger partial charge in [-0.3, -0.25) is 14.5 Å². The van der Waals surface area contributed by atoms with E-state index < -0.39 is 0 Å². The van der Waals surface area contributed by atoms with E-state index in [1.54, 1.807) is 0 Å². The molecule has 1 aromatic carbocycles. The molecule has 162 valence electrons. The lowest BCUT2D eigenvalue weighted by atomic mass is 9.64. The lowest BCUT2D eigenvalue weighted by Gasteiger charge is -2.51. The number of esters is 2. The third-order valence-electron chi connectivity index (χ3n) is 7.31. The number of aromatic nitrogens is 1. The number of aromatic amines is 1. The van der Waals surface area contributed by atoms with Crippen molar-refractivity contribution in [3.63, 3.8) is 0 Å². The molecule has 0 radical (unpaired) electrons. The fraction of sp³-hybridized carbons (Fsp3) is 0.565. The minimum absolute atomic E-state index is 0. The molecule has 5 rings (SSSR count). The van der Waals surface area contributed by atoms with Crippen molar-refractivity contribution in [2.75, 3.05) is 20.2 Å². The molecule has 5 atom stereocenters. The molecule has 1 aromatic heterocycles. The maximum Gasteiger partial charge on any atom is 0.312 e. The first-order valence-electron chi connectivity index (χ1n) is 10.7. The molecule has 7 heteroatoms. The number of carbonyl (C=O) groups excluding carboxylic acids is 2. The minimum atomic E-state index is -0.376. The van der Waals surface area contributed by atoms with Crippen LogP contribution in [0.15, 0.2) is 24.3 Å². The summed E-state index contributed by atoms with van der Waals surface area (Å²) in [6, 6.07) is 8.77. The summed E-state index contributed by atoms with van der Waals surface area (Å²) in [4.78, 5) is 30.6. The van der Waals surface area contributed by atoms with Gasteiger partial charge < -0.3 is 14.5 Å². The van der Waals surface area contributed by atoms with Crippen molar-refractivity contribution in [1.29, 1.82) is 0 Å². The number of rotatable bonds is 2. The number of ether oxygens (including phenoxy) is 2. The van der Waals surface area contributed by atoms with Crippen LogP contribution >= 0.6 is 12.4 Å². The lowest BCUT2D eigenvalue weighted by molar-refractivity contribution is -0.171. The monoisotopic (exact) mass is 432 g/mol. The van der Waals surface area contributed by atoms with Crippen LogP contribution in [0.2, 0.25) is 0 Å². The summed E-state index contributed by atoms with van der Waals surface area (Å²) >= 11 is 0. The van der Waals surface area contributed by atoms with Gasteiger partial charge in [0.25, 0.3) is 0 Å². The molecule has 0 spiro atoms. The first kappa shape index (κ1) is 21.2. The number of hydrogen-bond donors (Lipinski definition) is 1. The summed E-state index contributed by atoms with van der Waals surface area (Å²) in [6.45, 7) is 3.46. The Kier molecular flexibility index (Phi) is 5.82. The molecular weight excluding hydrogens is 404 g/mol. The van der Waals surface area contributed by atoms with Crippen molar-refractivity contribution in [2.45, 2.75) is 44.8 Å². The molecular formula is C23H29ClN2O4. The summed E-state index contributed by atoms with van der Waals surface area (Å²) in [5.41, 5.74) is 3.91. The highest BCUT2D eigenvalue weighted by molar-refractivity contribution is 5.85. The fourth-order valence-electron chi connectivity index (χ4n) is 6.13. The summed E-state index contributed by atoms with van der Waals surface area (Å²) in [5, 5.41) is 1.32. The number of methoxy groups -OCH3 is 1. The Balaban J connectivity index is 0.00000218. The van der Waals surface area contributed by atoms with E-state index in [4.69, 9.17) is 9.47 Å². The zero-order valence-corrected chi connectivity index (χ0v) is 18.2. The Bertz CT molecular complexity index is 958. The van der Waals surface area contributed by atoms with Crippen LogP contribution in [-0.4, -0.2) is 48.1 Å². The summed E-state index contributed by atoms with van der Waals surface area (Å²) < 4.78 is 10.7. The third kappa shape index (κ3) is 3.40. The molecule has 2 fully saturated rings. The Labute approximate surface area is 182 Å². The third-order valence-corrected chi connectivity index (χ3v) is 7.31. The van der Waals surface area contributed by atoms with E-state index in [2.05, 4.69) is 34.1 Å². The average molecular weight is 433 g/mol. The molecule has 30 heavy (non-hydrogen) atoms. The summed E-state index contributed by atoms with van der Waals surface area (Å²) in [7, 11) is 1.43. The number of hydrogen-bond acceptors (Lipinski definition) is 5. The van der Waals surface area contributed by atoms with Gasteiger partial charge in [-0.2, -0.15) is 0 Å². The largest absolute Gasteiger partial charge is 0.469 e. The van der Waals surface area contributed by atoms with Gasteiger partial charge >= 0.3 is 11.9 Å². The van der Waals surface area contributed by atoms with Crippen LogP contribution in [0.4, 0.5) is 0 Å². The lowest BCUT2D eigenvalue weighted by Crippen LogP contribution is -2.54. The van der Waals surface area contributed by atoms with Gasteiger partial charge in [0.15, 0.2) is 0 Å². The number of benzene rings is 1. The molecule has 2 aliphatic heterocycles. The van der Waals surface area contributed by atoms with Gasteiger partial charge in [0.1, 0.15) is 6.10 Å². The highest BCUT2D eigenvalue weighted by Crippen LogP contribution is 2.49. The molecule has 1 saturated heterocycles. The second-order valence-corrected chi connectivity index (χ2v) is 8.76. The first-order chi connectivity index (χ1) is 14.1. The molecule has 0 bridgehead atoms. The summed E-state index contributed by atoms with van der Waals surface area (Å²) in [5.74, 6) is -0.339. The Morgan fingerprint density at radius 2 is 2.00 bits per heavy atom. The normalized spacial score (nSPS) is 30.4. The smallest absolute Gasteiger partial charge is 0.312 e. The average Bonchev–Trinajstić information content (AvgIpc) is 3.10. The van der Waals surface area contributed by atoms with Crippen LogP contribution in [0.3, 0.4) is 0 Å². The van der Waals surface area contributed by atoms with Crippen LogP contribution in [0, 0.1) is 17.8 Å². The molecule has 0 unspecified atom stereocenters. The van der Waals surface area contributed by atoms with Gasteiger partial charge in [0.2, 0.25) is 0 Å². The van der Waals surface area contributed by atoms with Crippen LogP contribution in [0.25, 0.3) is 10.9 Å². The van der Waals surface area contributed by atoms with Crippen molar-refractivity contribution in [3.05, 3.63) is 35.5 Å². The Hall–Kier alpha value is -2.05. The Morgan fingerprint density at radius 3 is 2.77 bits per heavy atom. The molecule has 0 amide bonds. The molecule has 1 aliphatic carbocycles. The first-order valence-corrected chi connectivity index (χ1v) is 10.7. The van der Waals surface area contributed by atoms with E-state index in [-0.39, 0.29) is 48.3 Å². The minimum Gasteiger partial charge on any atom is -0.469 e. The van der Waals surface area contributed by atoms with Crippen molar-refractivity contribution in [1.82, 2.24) is 9.88 Å². The van der Waals surface area contributed by atoms with Crippen LogP contribution in [-0.2, 0) is 25.5 Å². The zero-order chi connectivity index (χ0) is 20.1. The topological polar surface area (TPSA) is 71.6 Å². The number of nitrogens with one attached hydrogen (secondary N) is 1. The van der Waals surface area contributed by atoms with E-state index >= 15 is 0 Å². The number of halogens is 1. The molecule has 3 heterocycles. The van der Waals surface area contributed by atoms with Crippen LogP contribution in [0.5, 0.6) is 0 Å². The van der Waals surface area contributed by atoms with Gasteiger partial charge in [0.05, 0.1) is 19.1 Å². The predicted molar refractivity (Wildman–Crippen MR) is 115 cm³/mol. The number of fused-ring (bicyclic) bond motifs is 6. The van der Waals surface area contributed by atoms with E-state index in [1.165, 1.54) is 36.2 Å². The number of piperidine rings is 1. The molecule has 6 nitrogen and oxygen atoms in total. The van der Waals surface area contributed by atoms with E-state index in [9.17, 15) is 9.59 Å². The molecule has 2 aromatic rings. The van der Waals surface area contributed by atoms with Gasteiger partial charge in [-0.25, -0.2) is 0 Å². The number of carbonyl (C=O) groups is 2. The number of para-hydroxylation sites is 1. The molecule has 1 N–H and O–H groups in total. The van der Waals surface area contributed by atoms with Gasteiger partial charge in [-0.05, 0) is 49.1 Å². The standard InChI is InChI=1S/C23H28N2O4.ClH/c1-13(26)29-20-8-7-14-12-25-10-9-16-15-5-3-4-6-18(15)24-22(16)19(25)11-17(14)21(20)23(27)28-2;/h3-6,14,17,19-21,24H,7-12H2,1-2H3;1H/t14-,17-,19-,20-,21+;/m0./s1. The second-order valence-electron chi connectivity index (χ2n) is 8.76. The highest BCUT2D eigenvalue weighted by Gasteiger charge is 2.51. The van der Waals surface area contributed by atoms with Gasteiger partial charge in [0, 0.05) is 36.6 Å². The molecule has 1 saturated carbocycles. The maximum atomic E-state index is 12.7. The second kappa shape index (κ2) is 8.23. The van der Waals surface area contributed by atoms with Crippen molar-refractivity contribution in [2.24, 2.45) is 17.8 Å². The Morgan fingerprint density at radius 1 is 1.20 bits per heavy atom. The van der Waals surface area contributed by atoms with Gasteiger partial charge in [-0.15, -0.1) is 12.4 Å². The van der Waals surface area contributed by atoms with Crippen molar-refractivity contribution in [3.8, 4) is 0 Å². The fourth-order valence-corrected chi connectivity index (χ4v) is 6.13.